The molecular weight excluding hydrogens is 270 g/mol. The summed E-state index contributed by atoms with van der Waals surface area (Å²) in [7, 11) is 0. The predicted molar refractivity (Wildman–Crippen MR) is 76.7 cm³/mol. The van der Waals surface area contributed by atoms with Crippen LogP contribution in [0.4, 0.5) is 0 Å². The van der Waals surface area contributed by atoms with E-state index in [2.05, 4.69) is 5.32 Å². The molecule has 0 spiro atoms. The molecular formula is C16H23NO4. The maximum atomic E-state index is 12.5. The number of carboxylic acids is 1. The number of aliphatic carboxylic acids is 1. The highest BCUT2D eigenvalue weighted by Crippen LogP contribution is 2.39. The fraction of sp³-hybridized carbons (Fsp3) is 0.750. The van der Waals surface area contributed by atoms with Crippen LogP contribution in [-0.4, -0.2) is 35.2 Å². The minimum absolute atomic E-state index is 0.148. The van der Waals surface area contributed by atoms with Crippen LogP contribution in [0.5, 0.6) is 0 Å². The van der Waals surface area contributed by atoms with Crippen LogP contribution in [0.25, 0.3) is 0 Å². The van der Waals surface area contributed by atoms with E-state index in [1.165, 1.54) is 19.3 Å². The van der Waals surface area contributed by atoms with Gasteiger partial charge in [-0.1, -0.05) is 44.3 Å². The monoisotopic (exact) mass is 293 g/mol. The summed E-state index contributed by atoms with van der Waals surface area (Å²) in [5, 5.41) is 12.4. The van der Waals surface area contributed by atoms with E-state index in [1.807, 2.05) is 6.08 Å². The fourth-order valence-electron chi connectivity index (χ4n) is 3.81. The number of carbonyl (C=O) groups is 2. The maximum Gasteiger partial charge on any atom is 0.310 e. The Kier molecular flexibility index (Phi) is 4.29. The summed E-state index contributed by atoms with van der Waals surface area (Å²) in [6.07, 6.45) is 10.8. The smallest absolute Gasteiger partial charge is 0.310 e. The molecule has 2 bridgehead atoms. The summed E-state index contributed by atoms with van der Waals surface area (Å²) in [6.45, 7) is 0. The van der Waals surface area contributed by atoms with Crippen molar-refractivity contribution < 1.29 is 19.4 Å². The molecule has 0 radical (unpaired) electrons. The van der Waals surface area contributed by atoms with Gasteiger partial charge >= 0.3 is 5.97 Å². The standard InChI is InChI=1S/C16H23NO4/c18-15(17-10-6-4-2-1-3-5-7-10)13-11-8-9-12(21-11)14(13)16(19)20/h8-14H,1-7H2,(H,17,18)(H,19,20)/t11-,12-,13-,14-/m0/s1. The van der Waals surface area contributed by atoms with Crippen LogP contribution in [0.1, 0.15) is 44.9 Å². The first-order chi connectivity index (χ1) is 10.2. The quantitative estimate of drug-likeness (QED) is 0.779. The van der Waals surface area contributed by atoms with Crippen molar-refractivity contribution in [2.45, 2.75) is 63.2 Å². The van der Waals surface area contributed by atoms with Crippen LogP contribution in [0.2, 0.25) is 0 Å². The minimum Gasteiger partial charge on any atom is -0.481 e. The summed E-state index contributed by atoms with van der Waals surface area (Å²) >= 11 is 0. The molecule has 2 fully saturated rings. The average Bonchev–Trinajstić information content (AvgIpc) is 3.01. The van der Waals surface area contributed by atoms with Crippen molar-refractivity contribution in [2.75, 3.05) is 0 Å². The lowest BCUT2D eigenvalue weighted by molar-refractivity contribution is -0.146. The van der Waals surface area contributed by atoms with Gasteiger partial charge in [-0.05, 0) is 12.8 Å². The molecule has 2 N–H and O–H groups in total. The SMILES string of the molecule is O=C(O)[C@@H]1[C@@H](C(=O)NC2CCCCCCC2)[C@@H]2C=C[C@@H]1O2. The van der Waals surface area contributed by atoms with Crippen LogP contribution in [0.3, 0.4) is 0 Å². The molecule has 0 unspecified atom stereocenters. The van der Waals surface area contributed by atoms with E-state index in [4.69, 9.17) is 4.74 Å². The van der Waals surface area contributed by atoms with Crippen molar-refractivity contribution in [3.8, 4) is 0 Å². The Morgan fingerprint density at radius 3 is 2.14 bits per heavy atom. The summed E-state index contributed by atoms with van der Waals surface area (Å²) in [6, 6.07) is 0.190. The number of rotatable bonds is 3. The van der Waals surface area contributed by atoms with E-state index in [-0.39, 0.29) is 18.1 Å². The van der Waals surface area contributed by atoms with Gasteiger partial charge in [0, 0.05) is 6.04 Å². The Bertz CT molecular complexity index is 440. The molecule has 3 rings (SSSR count). The third-order valence-electron chi connectivity index (χ3n) is 4.94. The molecule has 0 aromatic heterocycles. The summed E-state index contributed by atoms with van der Waals surface area (Å²) in [5.41, 5.74) is 0. The molecule has 21 heavy (non-hydrogen) atoms. The number of amides is 1. The van der Waals surface area contributed by atoms with Gasteiger partial charge in [0.05, 0.1) is 18.1 Å². The van der Waals surface area contributed by atoms with E-state index in [9.17, 15) is 14.7 Å². The molecule has 5 heteroatoms. The average molecular weight is 293 g/mol. The minimum atomic E-state index is -0.940. The third-order valence-corrected chi connectivity index (χ3v) is 4.94. The first-order valence-corrected chi connectivity index (χ1v) is 8.04. The highest BCUT2D eigenvalue weighted by atomic mass is 16.5. The van der Waals surface area contributed by atoms with E-state index < -0.39 is 23.9 Å². The van der Waals surface area contributed by atoms with Gasteiger partial charge in [0.15, 0.2) is 0 Å². The number of ether oxygens (including phenoxy) is 1. The summed E-state index contributed by atoms with van der Waals surface area (Å²) in [4.78, 5) is 23.9. The fourth-order valence-corrected chi connectivity index (χ4v) is 3.81. The second-order valence-electron chi connectivity index (χ2n) is 6.39. The van der Waals surface area contributed by atoms with Crippen molar-refractivity contribution in [2.24, 2.45) is 11.8 Å². The van der Waals surface area contributed by atoms with Crippen LogP contribution < -0.4 is 5.32 Å². The lowest BCUT2D eigenvalue weighted by atomic mass is 9.82. The zero-order valence-corrected chi connectivity index (χ0v) is 12.2. The number of carbonyl (C=O) groups excluding carboxylic acids is 1. The summed E-state index contributed by atoms with van der Waals surface area (Å²) < 4.78 is 5.56. The lowest BCUT2D eigenvalue weighted by Crippen LogP contribution is -2.46. The van der Waals surface area contributed by atoms with Crippen molar-refractivity contribution in [3.05, 3.63) is 12.2 Å². The van der Waals surface area contributed by atoms with Gasteiger partial charge in [0.2, 0.25) is 5.91 Å². The van der Waals surface area contributed by atoms with Gasteiger partial charge in [-0.15, -0.1) is 0 Å². The van der Waals surface area contributed by atoms with Crippen molar-refractivity contribution in [1.29, 1.82) is 0 Å². The van der Waals surface area contributed by atoms with Gasteiger partial charge < -0.3 is 15.2 Å². The molecule has 2 aliphatic heterocycles. The molecule has 1 amide bonds. The normalized spacial score (nSPS) is 36.2. The van der Waals surface area contributed by atoms with Crippen molar-refractivity contribution in [3.63, 3.8) is 0 Å². The molecule has 2 heterocycles. The van der Waals surface area contributed by atoms with Crippen LogP contribution in [0.15, 0.2) is 12.2 Å². The van der Waals surface area contributed by atoms with Gasteiger partial charge in [-0.3, -0.25) is 9.59 Å². The Hall–Kier alpha value is -1.36. The highest BCUT2D eigenvalue weighted by molar-refractivity contribution is 5.87. The Balaban J connectivity index is 1.64. The summed E-state index contributed by atoms with van der Waals surface area (Å²) in [5.74, 6) is -2.41. The van der Waals surface area contributed by atoms with E-state index >= 15 is 0 Å². The molecule has 0 aromatic rings. The Morgan fingerprint density at radius 1 is 0.952 bits per heavy atom. The van der Waals surface area contributed by atoms with Crippen molar-refractivity contribution >= 4 is 11.9 Å². The number of nitrogens with one attached hydrogen (secondary N) is 1. The van der Waals surface area contributed by atoms with Crippen LogP contribution in [-0.2, 0) is 14.3 Å². The number of carboxylic acid groups (broad SMARTS) is 1. The van der Waals surface area contributed by atoms with Crippen LogP contribution >= 0.6 is 0 Å². The third kappa shape index (κ3) is 2.98. The van der Waals surface area contributed by atoms with Gasteiger partial charge in [0.25, 0.3) is 0 Å². The molecule has 1 saturated carbocycles. The second-order valence-corrected chi connectivity index (χ2v) is 6.39. The van der Waals surface area contributed by atoms with E-state index in [0.717, 1.165) is 25.7 Å². The Morgan fingerprint density at radius 2 is 1.52 bits per heavy atom. The largest absolute Gasteiger partial charge is 0.481 e. The van der Waals surface area contributed by atoms with E-state index in [0.29, 0.717) is 0 Å². The predicted octanol–water partition coefficient (Wildman–Crippen LogP) is 1.87. The molecule has 1 aliphatic carbocycles. The molecule has 1 saturated heterocycles. The zero-order valence-electron chi connectivity index (χ0n) is 12.2. The van der Waals surface area contributed by atoms with Crippen molar-refractivity contribution in [1.82, 2.24) is 5.32 Å². The van der Waals surface area contributed by atoms with Gasteiger partial charge in [-0.2, -0.15) is 0 Å². The Labute approximate surface area is 124 Å². The lowest BCUT2D eigenvalue weighted by Gasteiger charge is -2.26. The van der Waals surface area contributed by atoms with Gasteiger partial charge in [-0.25, -0.2) is 0 Å². The number of fused-ring (bicyclic) bond motifs is 2. The number of hydrogen-bond donors (Lipinski definition) is 2. The molecule has 116 valence electrons. The highest BCUT2D eigenvalue weighted by Gasteiger charge is 2.53. The molecule has 0 aromatic carbocycles. The van der Waals surface area contributed by atoms with E-state index in [1.54, 1.807) is 6.08 Å². The van der Waals surface area contributed by atoms with Crippen LogP contribution in [0, 0.1) is 11.8 Å². The maximum absolute atomic E-state index is 12.5. The topological polar surface area (TPSA) is 75.6 Å². The number of hydrogen-bond acceptors (Lipinski definition) is 3. The molecule has 3 aliphatic rings. The molecule has 5 nitrogen and oxygen atoms in total. The zero-order chi connectivity index (χ0) is 14.8. The first-order valence-electron chi connectivity index (χ1n) is 8.04. The second kappa shape index (κ2) is 6.18. The molecule has 4 atom stereocenters. The first kappa shape index (κ1) is 14.6. The van der Waals surface area contributed by atoms with Gasteiger partial charge in [0.1, 0.15) is 5.92 Å².